The molecule has 0 aliphatic rings. The third kappa shape index (κ3) is 6.11. The van der Waals surface area contributed by atoms with Crippen LogP contribution in [0.15, 0.2) is 45.7 Å². The van der Waals surface area contributed by atoms with E-state index >= 15 is 0 Å². The number of amides is 1. The summed E-state index contributed by atoms with van der Waals surface area (Å²) < 4.78 is 11.5. The minimum atomic E-state index is -1.08. The molecule has 0 unspecified atom stereocenters. The third-order valence-electron chi connectivity index (χ3n) is 4.26. The molecular formula is C21H16BrClN4O7. The first-order valence-electron chi connectivity index (χ1n) is 9.39. The highest BCUT2D eigenvalue weighted by Crippen LogP contribution is 2.29. The van der Waals surface area contributed by atoms with E-state index in [1.165, 1.54) is 19.3 Å². The fourth-order valence-electron chi connectivity index (χ4n) is 2.71. The fraction of sp³-hybridized carbons (Fsp3) is 0.0952. The lowest BCUT2D eigenvalue weighted by Crippen LogP contribution is -2.20. The van der Waals surface area contributed by atoms with Gasteiger partial charge < -0.3 is 24.9 Å². The number of halogens is 2. The number of aromatic nitrogens is 2. The standard InChI is InChI=1S/C21H16BrClN4O7/c1-33-16-8-11(3-7-17-25-20(29)19(27(31)32)21(30)26-17)2-6-15(16)34-10-18(28)24-12-4-5-13(22)14(23)9-12/h2-9H,10H2,1H3,(H,24,28)(H2,25,26,29,30). The average Bonchev–Trinajstić information content (AvgIpc) is 2.78. The smallest absolute Gasteiger partial charge is 0.395 e. The van der Waals surface area contributed by atoms with Crippen LogP contribution in [0, 0.1) is 10.1 Å². The lowest BCUT2D eigenvalue weighted by molar-refractivity contribution is -0.387. The van der Waals surface area contributed by atoms with Gasteiger partial charge in [0.1, 0.15) is 5.82 Å². The molecule has 1 heterocycles. The van der Waals surface area contributed by atoms with Crippen molar-refractivity contribution in [1.29, 1.82) is 0 Å². The Bertz CT molecular complexity index is 1340. The van der Waals surface area contributed by atoms with E-state index in [4.69, 9.17) is 21.1 Å². The number of nitro groups is 1. The topological polar surface area (TPSA) is 157 Å². The van der Waals surface area contributed by atoms with Crippen LogP contribution < -0.4 is 20.3 Å². The Kier molecular flexibility index (Phi) is 7.87. The molecule has 13 heteroatoms. The zero-order valence-electron chi connectivity index (χ0n) is 17.4. The number of aromatic hydroxyl groups is 1. The number of carbonyl (C=O) groups is 1. The van der Waals surface area contributed by atoms with Crippen molar-refractivity contribution in [3.8, 4) is 17.4 Å². The van der Waals surface area contributed by atoms with Gasteiger partial charge >= 0.3 is 11.2 Å². The molecule has 176 valence electrons. The zero-order chi connectivity index (χ0) is 24.8. The summed E-state index contributed by atoms with van der Waals surface area (Å²) in [5, 5.41) is 23.5. The van der Waals surface area contributed by atoms with Crippen LogP contribution in [-0.4, -0.2) is 39.6 Å². The molecule has 0 aliphatic heterocycles. The highest BCUT2D eigenvalue weighted by molar-refractivity contribution is 9.10. The Morgan fingerprint density at radius 3 is 2.71 bits per heavy atom. The first kappa shape index (κ1) is 24.7. The summed E-state index contributed by atoms with van der Waals surface area (Å²) >= 11 is 9.29. The molecule has 0 saturated carbocycles. The van der Waals surface area contributed by atoms with E-state index in [1.807, 2.05) is 0 Å². The molecule has 3 rings (SSSR count). The van der Waals surface area contributed by atoms with Crippen LogP contribution in [0.3, 0.4) is 0 Å². The molecule has 3 aromatic rings. The van der Waals surface area contributed by atoms with Crippen molar-refractivity contribution in [3.63, 3.8) is 0 Å². The minimum Gasteiger partial charge on any atom is -0.493 e. The number of carbonyl (C=O) groups excluding carboxylic acids is 1. The normalized spacial score (nSPS) is 10.8. The number of methoxy groups -OCH3 is 1. The lowest BCUT2D eigenvalue weighted by Gasteiger charge is -2.12. The maximum Gasteiger partial charge on any atom is 0.395 e. The Balaban J connectivity index is 1.68. The summed E-state index contributed by atoms with van der Waals surface area (Å²) in [5.41, 5.74) is -1.01. The summed E-state index contributed by atoms with van der Waals surface area (Å²) in [4.78, 5) is 39.4. The van der Waals surface area contributed by atoms with E-state index < -0.39 is 28.0 Å². The maximum atomic E-state index is 12.2. The Morgan fingerprint density at radius 1 is 1.29 bits per heavy atom. The van der Waals surface area contributed by atoms with Crippen LogP contribution >= 0.6 is 27.5 Å². The molecule has 0 radical (unpaired) electrons. The van der Waals surface area contributed by atoms with E-state index in [2.05, 4.69) is 31.2 Å². The van der Waals surface area contributed by atoms with Crippen molar-refractivity contribution in [2.75, 3.05) is 19.0 Å². The molecule has 11 nitrogen and oxygen atoms in total. The number of anilines is 1. The highest BCUT2D eigenvalue weighted by atomic mass is 79.9. The van der Waals surface area contributed by atoms with Crippen molar-refractivity contribution in [1.82, 2.24) is 9.97 Å². The van der Waals surface area contributed by atoms with Gasteiger partial charge in [-0.1, -0.05) is 23.7 Å². The predicted molar refractivity (Wildman–Crippen MR) is 128 cm³/mol. The molecule has 0 saturated heterocycles. The maximum absolute atomic E-state index is 12.2. The van der Waals surface area contributed by atoms with Gasteiger partial charge in [-0.15, -0.1) is 0 Å². The minimum absolute atomic E-state index is 0.0860. The van der Waals surface area contributed by atoms with Crippen molar-refractivity contribution in [3.05, 3.63) is 77.7 Å². The number of rotatable bonds is 8. The Hall–Kier alpha value is -3.90. The van der Waals surface area contributed by atoms with Gasteiger partial charge in [-0.25, -0.2) is 0 Å². The Morgan fingerprint density at radius 2 is 2.06 bits per heavy atom. The first-order chi connectivity index (χ1) is 16.2. The SMILES string of the molecule is COc1cc(C=Cc2nc(O)c([N+](=O)[O-])c(=O)[nH]2)ccc1OCC(=O)Nc1ccc(Br)c(Cl)c1. The van der Waals surface area contributed by atoms with Crippen molar-refractivity contribution in [2.45, 2.75) is 0 Å². The number of H-pyrrole nitrogens is 1. The third-order valence-corrected chi connectivity index (χ3v) is 5.49. The number of aromatic amines is 1. The van der Waals surface area contributed by atoms with E-state index in [9.17, 15) is 24.8 Å². The van der Waals surface area contributed by atoms with Gasteiger partial charge in [0.15, 0.2) is 18.1 Å². The molecule has 0 atom stereocenters. The van der Waals surface area contributed by atoms with Crippen molar-refractivity contribution in [2.24, 2.45) is 0 Å². The number of ether oxygens (including phenoxy) is 2. The number of nitrogens with one attached hydrogen (secondary N) is 2. The van der Waals surface area contributed by atoms with Gasteiger partial charge in [0.25, 0.3) is 11.8 Å². The molecule has 3 N–H and O–H groups in total. The Labute approximate surface area is 205 Å². The molecule has 0 aliphatic carbocycles. The molecule has 2 aromatic carbocycles. The molecule has 0 fully saturated rings. The molecule has 1 amide bonds. The van der Waals surface area contributed by atoms with Crippen LogP contribution in [0.1, 0.15) is 11.4 Å². The van der Waals surface area contributed by atoms with E-state index in [0.29, 0.717) is 32.2 Å². The van der Waals surface area contributed by atoms with Gasteiger partial charge in [-0.3, -0.25) is 19.7 Å². The quantitative estimate of drug-likeness (QED) is 0.280. The van der Waals surface area contributed by atoms with E-state index in [-0.39, 0.29) is 12.4 Å². The first-order valence-corrected chi connectivity index (χ1v) is 10.6. The summed E-state index contributed by atoms with van der Waals surface area (Å²) in [6, 6.07) is 9.80. The number of benzene rings is 2. The van der Waals surface area contributed by atoms with E-state index in [0.717, 1.165) is 0 Å². The summed E-state index contributed by atoms with van der Waals surface area (Å²) in [6.45, 7) is -0.285. The predicted octanol–water partition coefficient (Wildman–Crippen LogP) is 4.00. The van der Waals surface area contributed by atoms with Gasteiger partial charge in [-0.2, -0.15) is 4.98 Å². The summed E-state index contributed by atoms with van der Waals surface area (Å²) in [6.07, 6.45) is 2.87. The van der Waals surface area contributed by atoms with Gasteiger partial charge in [0.05, 0.1) is 17.1 Å². The molecule has 0 bridgehead atoms. The summed E-state index contributed by atoms with van der Waals surface area (Å²) in [7, 11) is 1.42. The van der Waals surface area contributed by atoms with Crippen molar-refractivity contribution >= 4 is 57.0 Å². The largest absolute Gasteiger partial charge is 0.493 e. The monoisotopic (exact) mass is 550 g/mol. The molecule has 1 aromatic heterocycles. The second-order valence-electron chi connectivity index (χ2n) is 6.59. The van der Waals surface area contributed by atoms with Gasteiger partial charge in [0.2, 0.25) is 0 Å². The lowest BCUT2D eigenvalue weighted by atomic mass is 10.2. The van der Waals surface area contributed by atoms with Crippen LogP contribution in [0.5, 0.6) is 17.4 Å². The number of hydrogen-bond acceptors (Lipinski definition) is 8. The molecule has 34 heavy (non-hydrogen) atoms. The van der Waals surface area contributed by atoms with Crippen LogP contribution in [0.4, 0.5) is 11.4 Å². The summed E-state index contributed by atoms with van der Waals surface area (Å²) in [5.74, 6) is -0.842. The average molecular weight is 552 g/mol. The zero-order valence-corrected chi connectivity index (χ0v) is 19.7. The highest BCUT2D eigenvalue weighted by Gasteiger charge is 2.21. The second-order valence-corrected chi connectivity index (χ2v) is 7.85. The van der Waals surface area contributed by atoms with Crippen molar-refractivity contribution < 1.29 is 24.3 Å². The molecule has 0 spiro atoms. The number of nitrogens with zero attached hydrogens (tertiary/aromatic N) is 2. The van der Waals surface area contributed by atoms with Gasteiger partial charge in [-0.05, 0) is 57.9 Å². The van der Waals surface area contributed by atoms with Crippen LogP contribution in [0.25, 0.3) is 12.2 Å². The van der Waals surface area contributed by atoms with Gasteiger partial charge in [0, 0.05) is 10.2 Å². The second kappa shape index (κ2) is 10.8. The molecular weight excluding hydrogens is 536 g/mol. The van der Waals surface area contributed by atoms with E-state index in [1.54, 1.807) is 36.4 Å². The fourth-order valence-corrected chi connectivity index (χ4v) is 3.14. The number of hydrogen-bond donors (Lipinski definition) is 3. The van der Waals surface area contributed by atoms with Crippen LogP contribution in [-0.2, 0) is 4.79 Å². The van der Waals surface area contributed by atoms with Crippen LogP contribution in [0.2, 0.25) is 5.02 Å².